The van der Waals surface area contributed by atoms with Crippen LogP contribution in [0.1, 0.15) is 48.5 Å². The van der Waals surface area contributed by atoms with Crippen LogP contribution in [0, 0.1) is 0 Å². The molecule has 0 spiro atoms. The molecule has 0 rings (SSSR count). The van der Waals surface area contributed by atoms with Crippen molar-refractivity contribution in [3.8, 4) is 0 Å². The van der Waals surface area contributed by atoms with E-state index < -0.39 is 41.8 Å². The Balaban J connectivity index is -0.0000000294. The van der Waals surface area contributed by atoms with Crippen LogP contribution in [0.3, 0.4) is 0 Å². The molecule has 0 radical (unpaired) electrons. The molecule has 0 atom stereocenters. The molecule has 0 aliphatic heterocycles. The summed E-state index contributed by atoms with van der Waals surface area (Å²) < 4.78 is 0. The summed E-state index contributed by atoms with van der Waals surface area (Å²) in [5.74, 6) is -5.83. The Bertz CT molecular complexity index is 313. The first-order valence-corrected chi connectivity index (χ1v) is 6.49. The Hall–Kier alpha value is -3.05. The molecule has 15 heteroatoms. The van der Waals surface area contributed by atoms with Gasteiger partial charge in [-0.3, -0.25) is 33.6 Å². The second-order valence-electron chi connectivity index (χ2n) is 3.63. The van der Waals surface area contributed by atoms with E-state index in [0.29, 0.717) is 0 Å². The molecule has 0 unspecified atom stereocenters. The summed E-state index contributed by atoms with van der Waals surface area (Å²) in [7, 11) is 0. The largest absolute Gasteiger partial charge is 0.481 e. The van der Waals surface area contributed by atoms with Gasteiger partial charge in [0.15, 0.2) is 0 Å². The molecule has 0 aliphatic carbocycles. The monoisotopic (exact) mass is 526 g/mol. The Labute approximate surface area is 180 Å². The molecule has 14 nitrogen and oxygen atoms in total. The van der Waals surface area contributed by atoms with E-state index in [0.717, 1.165) is 48.5 Å². The van der Waals surface area contributed by atoms with Gasteiger partial charge in [0.05, 0.1) is 0 Å². The summed E-state index contributed by atoms with van der Waals surface area (Å²) in [4.78, 5) is 63.0. The van der Waals surface area contributed by atoms with Crippen molar-refractivity contribution < 1.29 is 89.7 Å². The van der Waals surface area contributed by atoms with E-state index in [4.69, 9.17) is 69.3 Å². The molecule has 0 aromatic rings. The number of hydrogen-bond donors (Lipinski definition) is 7. The van der Waals surface area contributed by atoms with Gasteiger partial charge in [-0.1, -0.05) is 0 Å². The zero-order chi connectivity index (χ0) is 25.0. The Morgan fingerprint density at radius 1 is 0.310 bits per heavy atom. The summed E-state index contributed by atoms with van der Waals surface area (Å²) in [6.45, 7) is 7.58. The molecule has 0 heterocycles. The van der Waals surface area contributed by atoms with Crippen molar-refractivity contribution >= 4 is 41.8 Å². The van der Waals surface area contributed by atoms with Gasteiger partial charge in [0, 0.05) is 68.9 Å². The summed E-state index contributed by atoms with van der Waals surface area (Å²) in [6, 6.07) is 0. The van der Waals surface area contributed by atoms with Crippen LogP contribution in [0.5, 0.6) is 0 Å². The Morgan fingerprint density at radius 3 is 0.310 bits per heavy atom. The second-order valence-corrected chi connectivity index (χ2v) is 3.63. The standard InChI is InChI=1S/7C2H4O2.Pd/c7*1-2(3)4;/h7*1H3,(H,3,4);. The van der Waals surface area contributed by atoms with Crippen LogP contribution < -0.4 is 0 Å². The van der Waals surface area contributed by atoms with Gasteiger partial charge in [-0.05, 0) is 0 Å². The number of hydrogen-bond acceptors (Lipinski definition) is 7. The van der Waals surface area contributed by atoms with E-state index >= 15 is 0 Å². The molecule has 178 valence electrons. The molecule has 0 aromatic heterocycles. The summed E-state index contributed by atoms with van der Waals surface area (Å²) in [5, 5.41) is 51.9. The molecule has 0 saturated carbocycles. The summed E-state index contributed by atoms with van der Waals surface area (Å²) in [6.07, 6.45) is 0. The fourth-order valence-corrected chi connectivity index (χ4v) is 0. The molecule has 0 aromatic carbocycles. The van der Waals surface area contributed by atoms with Crippen molar-refractivity contribution in [2.75, 3.05) is 0 Å². The van der Waals surface area contributed by atoms with E-state index in [9.17, 15) is 0 Å². The molecular formula is C14H28O14Pd. The minimum absolute atomic E-state index is 0. The second kappa shape index (κ2) is 44.4. The zero-order valence-electron chi connectivity index (χ0n) is 16.8. The van der Waals surface area contributed by atoms with Gasteiger partial charge in [0.1, 0.15) is 0 Å². The third-order valence-corrected chi connectivity index (χ3v) is 0. The molecule has 0 bridgehead atoms. The number of aliphatic carboxylic acids is 7. The van der Waals surface area contributed by atoms with Gasteiger partial charge in [-0.25, -0.2) is 0 Å². The van der Waals surface area contributed by atoms with E-state index in [2.05, 4.69) is 0 Å². The fraction of sp³-hybridized carbons (Fsp3) is 0.500. The molecule has 7 N–H and O–H groups in total. The van der Waals surface area contributed by atoms with Crippen molar-refractivity contribution in [2.24, 2.45) is 0 Å². The van der Waals surface area contributed by atoms with Gasteiger partial charge < -0.3 is 35.7 Å². The van der Waals surface area contributed by atoms with Gasteiger partial charge in [0.2, 0.25) is 0 Å². The van der Waals surface area contributed by atoms with E-state index in [1.165, 1.54) is 0 Å². The van der Waals surface area contributed by atoms with Crippen LogP contribution in [0.4, 0.5) is 0 Å². The number of rotatable bonds is 0. The topological polar surface area (TPSA) is 261 Å². The maximum atomic E-state index is 9.00. The van der Waals surface area contributed by atoms with E-state index in [1.807, 2.05) is 0 Å². The molecule has 0 aliphatic rings. The SMILES string of the molecule is CC(=O)O.CC(=O)O.CC(=O)O.CC(=O)O.CC(=O)O.CC(=O)O.CC(=O)O.[Pd]. The predicted molar refractivity (Wildman–Crippen MR) is 93.2 cm³/mol. The van der Waals surface area contributed by atoms with Gasteiger partial charge >= 0.3 is 0 Å². The first kappa shape index (κ1) is 50.1. The molecule has 0 amide bonds. The number of carboxylic acid groups (broad SMARTS) is 7. The van der Waals surface area contributed by atoms with Crippen molar-refractivity contribution in [3.05, 3.63) is 0 Å². The van der Waals surface area contributed by atoms with Crippen LogP contribution in [0.2, 0.25) is 0 Å². The maximum absolute atomic E-state index is 9.00. The minimum Gasteiger partial charge on any atom is -0.481 e. The van der Waals surface area contributed by atoms with Gasteiger partial charge in [-0.15, -0.1) is 0 Å². The average molecular weight is 527 g/mol. The third kappa shape index (κ3) is 1420. The normalized spacial score (nSPS) is 6.03. The first-order chi connectivity index (χ1) is 12.1. The van der Waals surface area contributed by atoms with E-state index in [-0.39, 0.29) is 20.4 Å². The quantitative estimate of drug-likeness (QED) is 0.213. The Morgan fingerprint density at radius 2 is 0.310 bits per heavy atom. The number of carbonyl (C=O) groups is 7. The van der Waals surface area contributed by atoms with Crippen molar-refractivity contribution in [3.63, 3.8) is 0 Å². The zero-order valence-corrected chi connectivity index (χ0v) is 18.4. The van der Waals surface area contributed by atoms with Crippen molar-refractivity contribution in [2.45, 2.75) is 48.5 Å². The molecule has 0 fully saturated rings. The Kier molecular flexibility index (Phi) is 76.8. The van der Waals surface area contributed by atoms with Crippen LogP contribution in [-0.4, -0.2) is 77.5 Å². The van der Waals surface area contributed by atoms with E-state index in [1.54, 1.807) is 0 Å². The smallest absolute Gasteiger partial charge is 0.300 e. The summed E-state index contributed by atoms with van der Waals surface area (Å²) in [5.41, 5.74) is 0. The van der Waals surface area contributed by atoms with Crippen molar-refractivity contribution in [1.82, 2.24) is 0 Å². The van der Waals surface area contributed by atoms with Gasteiger partial charge in [0.25, 0.3) is 41.8 Å². The first-order valence-electron chi connectivity index (χ1n) is 6.49. The molecule has 0 saturated heterocycles. The maximum Gasteiger partial charge on any atom is 0.300 e. The van der Waals surface area contributed by atoms with Crippen LogP contribution in [-0.2, 0) is 54.0 Å². The van der Waals surface area contributed by atoms with Crippen LogP contribution in [0.15, 0.2) is 0 Å². The third-order valence-electron chi connectivity index (χ3n) is 0. The minimum atomic E-state index is -0.833. The van der Waals surface area contributed by atoms with Crippen LogP contribution >= 0.6 is 0 Å². The summed E-state index contributed by atoms with van der Waals surface area (Å²) >= 11 is 0. The van der Waals surface area contributed by atoms with Gasteiger partial charge in [-0.2, -0.15) is 0 Å². The van der Waals surface area contributed by atoms with Crippen molar-refractivity contribution in [1.29, 1.82) is 0 Å². The molecular weight excluding hydrogens is 499 g/mol. The predicted octanol–water partition coefficient (Wildman–Crippen LogP) is 0.634. The average Bonchev–Trinajstić information content (AvgIpc) is 2.20. The number of carboxylic acids is 7. The van der Waals surface area contributed by atoms with Crippen LogP contribution in [0.25, 0.3) is 0 Å². The molecule has 29 heavy (non-hydrogen) atoms. The fourth-order valence-electron chi connectivity index (χ4n) is 0.